The van der Waals surface area contributed by atoms with E-state index in [2.05, 4.69) is 5.32 Å². The van der Waals surface area contributed by atoms with Crippen LogP contribution in [-0.4, -0.2) is 44.3 Å². The molecule has 2 amide bonds. The van der Waals surface area contributed by atoms with Crippen LogP contribution in [0.1, 0.15) is 38.8 Å². The number of anilines is 1. The number of para-hydroxylation sites is 1. The van der Waals surface area contributed by atoms with E-state index < -0.39 is 28.5 Å². The number of hydrogen-bond acceptors (Lipinski definition) is 4. The third kappa shape index (κ3) is 7.77. The van der Waals surface area contributed by atoms with Crippen molar-refractivity contribution >= 4 is 50.7 Å². The minimum atomic E-state index is -4.13. The molecule has 0 radical (unpaired) electrons. The van der Waals surface area contributed by atoms with Crippen molar-refractivity contribution in [1.82, 2.24) is 10.2 Å². The molecule has 0 bridgehead atoms. The quantitative estimate of drug-likeness (QED) is 0.277. The summed E-state index contributed by atoms with van der Waals surface area (Å²) in [6, 6.07) is 19.1. The number of carbonyl (C=O) groups excluding carboxylic acids is 2. The van der Waals surface area contributed by atoms with Crippen LogP contribution >= 0.6 is 23.2 Å². The summed E-state index contributed by atoms with van der Waals surface area (Å²) < 4.78 is 29.0. The smallest absolute Gasteiger partial charge is 0.264 e. The Kier molecular flexibility index (Phi) is 11.0. The van der Waals surface area contributed by atoms with Gasteiger partial charge in [-0.1, -0.05) is 86.4 Å². The zero-order valence-corrected chi connectivity index (χ0v) is 25.4. The molecule has 0 heterocycles. The van der Waals surface area contributed by atoms with Crippen LogP contribution in [0.3, 0.4) is 0 Å². The van der Waals surface area contributed by atoms with Crippen LogP contribution in [0.15, 0.2) is 77.7 Å². The summed E-state index contributed by atoms with van der Waals surface area (Å²) in [5.41, 5.74) is 1.75. The summed E-state index contributed by atoms with van der Waals surface area (Å²) in [6.07, 6.45) is 0.559. The average Bonchev–Trinajstić information content (AvgIpc) is 2.94. The van der Waals surface area contributed by atoms with Crippen molar-refractivity contribution in [3.63, 3.8) is 0 Å². The standard InChI is InChI=1S/C30H35Cl2N3O4S/c1-5-23-11-9-10-14-28(23)35(40(38,39)26-12-7-6-8-13-26)20-29(36)34(22(4)30(37)33-18-21(2)3)19-24-15-16-25(31)17-27(24)32/h6-17,21-22H,5,18-20H2,1-4H3,(H,33,37). The molecule has 0 fully saturated rings. The SMILES string of the molecule is CCc1ccccc1N(CC(=O)N(Cc1ccc(Cl)cc1Cl)C(C)C(=O)NCC(C)C)S(=O)(=O)c1ccccc1. The maximum atomic E-state index is 14.0. The van der Waals surface area contributed by atoms with Crippen molar-refractivity contribution < 1.29 is 18.0 Å². The highest BCUT2D eigenvalue weighted by Gasteiger charge is 2.33. The summed E-state index contributed by atoms with van der Waals surface area (Å²) >= 11 is 12.5. The van der Waals surface area contributed by atoms with Crippen LogP contribution in [0.5, 0.6) is 0 Å². The van der Waals surface area contributed by atoms with E-state index in [0.29, 0.717) is 34.3 Å². The first-order chi connectivity index (χ1) is 18.9. The molecular formula is C30H35Cl2N3O4S. The van der Waals surface area contributed by atoms with Gasteiger partial charge in [-0.05, 0) is 60.7 Å². The lowest BCUT2D eigenvalue weighted by molar-refractivity contribution is -0.139. The largest absolute Gasteiger partial charge is 0.354 e. The molecule has 0 aromatic heterocycles. The number of sulfonamides is 1. The molecule has 214 valence electrons. The predicted octanol–water partition coefficient (Wildman–Crippen LogP) is 5.94. The van der Waals surface area contributed by atoms with Crippen LogP contribution in [0, 0.1) is 5.92 Å². The Balaban J connectivity index is 2.06. The number of halogens is 2. The second kappa shape index (κ2) is 14.0. The Morgan fingerprint density at radius 3 is 2.17 bits per heavy atom. The fourth-order valence-electron chi connectivity index (χ4n) is 4.15. The molecule has 3 aromatic rings. The predicted molar refractivity (Wildman–Crippen MR) is 161 cm³/mol. The molecular weight excluding hydrogens is 569 g/mol. The Labute approximate surface area is 247 Å². The molecule has 7 nitrogen and oxygen atoms in total. The fourth-order valence-corrected chi connectivity index (χ4v) is 6.10. The molecule has 1 N–H and O–H groups in total. The Morgan fingerprint density at radius 2 is 1.55 bits per heavy atom. The third-order valence-corrected chi connectivity index (χ3v) is 8.82. The van der Waals surface area contributed by atoms with E-state index >= 15 is 0 Å². The van der Waals surface area contributed by atoms with Crippen molar-refractivity contribution in [3.05, 3.63) is 94.0 Å². The number of hydrogen-bond donors (Lipinski definition) is 1. The normalized spacial score (nSPS) is 12.2. The number of rotatable bonds is 12. The van der Waals surface area contributed by atoms with E-state index in [1.807, 2.05) is 32.9 Å². The molecule has 40 heavy (non-hydrogen) atoms. The topological polar surface area (TPSA) is 86.8 Å². The highest BCUT2D eigenvalue weighted by molar-refractivity contribution is 7.92. The van der Waals surface area contributed by atoms with Gasteiger partial charge in [0.1, 0.15) is 12.6 Å². The van der Waals surface area contributed by atoms with Gasteiger partial charge < -0.3 is 10.2 Å². The molecule has 0 aliphatic carbocycles. The van der Waals surface area contributed by atoms with Gasteiger partial charge in [0.05, 0.1) is 10.6 Å². The van der Waals surface area contributed by atoms with Crippen molar-refractivity contribution in [2.24, 2.45) is 5.92 Å². The highest BCUT2D eigenvalue weighted by atomic mass is 35.5. The Morgan fingerprint density at radius 1 is 0.900 bits per heavy atom. The lowest BCUT2D eigenvalue weighted by Crippen LogP contribution is -2.51. The van der Waals surface area contributed by atoms with Crippen LogP contribution in [-0.2, 0) is 32.6 Å². The summed E-state index contributed by atoms with van der Waals surface area (Å²) in [6.45, 7) is 7.39. The van der Waals surface area contributed by atoms with Crippen molar-refractivity contribution in [3.8, 4) is 0 Å². The first-order valence-corrected chi connectivity index (χ1v) is 15.3. The highest BCUT2D eigenvalue weighted by Crippen LogP contribution is 2.29. The maximum Gasteiger partial charge on any atom is 0.264 e. The molecule has 0 aliphatic rings. The summed E-state index contributed by atoms with van der Waals surface area (Å²) in [7, 11) is -4.13. The number of nitrogens with zero attached hydrogens (tertiary/aromatic N) is 2. The number of benzene rings is 3. The van der Waals surface area contributed by atoms with E-state index in [1.54, 1.807) is 55.5 Å². The minimum absolute atomic E-state index is 0.0141. The average molecular weight is 605 g/mol. The summed E-state index contributed by atoms with van der Waals surface area (Å²) in [5, 5.41) is 3.64. The first-order valence-electron chi connectivity index (χ1n) is 13.1. The molecule has 0 aliphatic heterocycles. The van der Waals surface area contributed by atoms with Gasteiger partial charge >= 0.3 is 0 Å². The fraction of sp³-hybridized carbons (Fsp3) is 0.333. The van der Waals surface area contributed by atoms with Gasteiger partial charge in [0.2, 0.25) is 11.8 Å². The Bertz CT molecular complexity index is 1430. The number of nitrogens with one attached hydrogen (secondary N) is 1. The van der Waals surface area contributed by atoms with Crippen molar-refractivity contribution in [2.45, 2.75) is 51.6 Å². The lowest BCUT2D eigenvalue weighted by atomic mass is 10.1. The molecule has 0 saturated carbocycles. The van der Waals surface area contributed by atoms with Crippen LogP contribution < -0.4 is 9.62 Å². The monoisotopic (exact) mass is 603 g/mol. The van der Waals surface area contributed by atoms with E-state index in [0.717, 1.165) is 9.87 Å². The van der Waals surface area contributed by atoms with Gasteiger partial charge in [-0.3, -0.25) is 13.9 Å². The van der Waals surface area contributed by atoms with Crippen LogP contribution in [0.25, 0.3) is 0 Å². The molecule has 1 unspecified atom stereocenters. The Hall–Kier alpha value is -3.07. The second-order valence-electron chi connectivity index (χ2n) is 9.88. The van der Waals surface area contributed by atoms with Gasteiger partial charge in [-0.2, -0.15) is 0 Å². The van der Waals surface area contributed by atoms with E-state index in [1.165, 1.54) is 17.0 Å². The molecule has 10 heteroatoms. The lowest BCUT2D eigenvalue weighted by Gasteiger charge is -2.33. The van der Waals surface area contributed by atoms with Gasteiger partial charge in [0.15, 0.2) is 0 Å². The second-order valence-corrected chi connectivity index (χ2v) is 12.6. The maximum absolute atomic E-state index is 14.0. The minimum Gasteiger partial charge on any atom is -0.354 e. The molecule has 1 atom stereocenters. The summed E-state index contributed by atoms with van der Waals surface area (Å²) in [4.78, 5) is 28.6. The van der Waals surface area contributed by atoms with Gasteiger partial charge in [0, 0.05) is 23.1 Å². The number of aryl methyl sites for hydroxylation is 1. The van der Waals surface area contributed by atoms with E-state index in [-0.39, 0.29) is 23.3 Å². The summed E-state index contributed by atoms with van der Waals surface area (Å²) in [5.74, 6) is -0.690. The van der Waals surface area contributed by atoms with E-state index in [4.69, 9.17) is 23.2 Å². The molecule has 0 spiro atoms. The van der Waals surface area contributed by atoms with Crippen molar-refractivity contribution in [1.29, 1.82) is 0 Å². The number of amides is 2. The van der Waals surface area contributed by atoms with Gasteiger partial charge in [-0.25, -0.2) is 8.42 Å². The molecule has 3 aromatic carbocycles. The zero-order chi connectivity index (χ0) is 29.4. The third-order valence-electron chi connectivity index (χ3n) is 6.46. The van der Waals surface area contributed by atoms with Crippen LogP contribution in [0.2, 0.25) is 10.0 Å². The zero-order valence-electron chi connectivity index (χ0n) is 23.1. The first kappa shape index (κ1) is 31.5. The molecule has 0 saturated heterocycles. The molecule has 3 rings (SSSR count). The van der Waals surface area contributed by atoms with Crippen molar-refractivity contribution in [2.75, 3.05) is 17.4 Å². The van der Waals surface area contributed by atoms with E-state index in [9.17, 15) is 18.0 Å². The van der Waals surface area contributed by atoms with Crippen LogP contribution in [0.4, 0.5) is 5.69 Å². The number of carbonyl (C=O) groups is 2. The van der Waals surface area contributed by atoms with Gasteiger partial charge in [0.25, 0.3) is 10.0 Å². The van der Waals surface area contributed by atoms with Gasteiger partial charge in [-0.15, -0.1) is 0 Å².